The molecule has 0 aliphatic heterocycles. The van der Waals surface area contributed by atoms with Crippen molar-refractivity contribution >= 4 is 18.0 Å². The van der Waals surface area contributed by atoms with Crippen LogP contribution in [0.5, 0.6) is 0 Å². The number of fused-ring (bicyclic) bond motifs is 3. The summed E-state index contributed by atoms with van der Waals surface area (Å²) in [6, 6.07) is 15.4. The predicted octanol–water partition coefficient (Wildman–Crippen LogP) is 3.48. The minimum absolute atomic E-state index is 0.0620. The number of carbonyl (C=O) groups excluding carboxylic acids is 2. The van der Waals surface area contributed by atoms with Gasteiger partial charge in [-0.05, 0) is 28.7 Å². The Labute approximate surface area is 182 Å². The number of aliphatic carboxylic acids is 1. The van der Waals surface area contributed by atoms with Crippen molar-refractivity contribution in [2.45, 2.75) is 32.2 Å². The highest BCUT2D eigenvalue weighted by Crippen LogP contribution is 2.44. The van der Waals surface area contributed by atoms with Gasteiger partial charge >= 0.3 is 12.1 Å². The topological polar surface area (TPSA) is 95.9 Å². The van der Waals surface area contributed by atoms with Gasteiger partial charge in [0.1, 0.15) is 12.6 Å². The van der Waals surface area contributed by atoms with Gasteiger partial charge in [0.05, 0.1) is 5.92 Å². The van der Waals surface area contributed by atoms with Gasteiger partial charge in [-0.2, -0.15) is 0 Å². The number of carbonyl (C=O) groups is 3. The summed E-state index contributed by atoms with van der Waals surface area (Å²) >= 11 is 0. The van der Waals surface area contributed by atoms with Crippen molar-refractivity contribution in [3.63, 3.8) is 0 Å². The van der Waals surface area contributed by atoms with Gasteiger partial charge in [0.15, 0.2) is 0 Å². The van der Waals surface area contributed by atoms with Gasteiger partial charge in [-0.1, -0.05) is 62.4 Å². The average Bonchev–Trinajstić information content (AvgIpc) is 3.09. The third-order valence-electron chi connectivity index (χ3n) is 5.69. The van der Waals surface area contributed by atoms with E-state index in [0.717, 1.165) is 22.3 Å². The maximum Gasteiger partial charge on any atom is 0.407 e. The van der Waals surface area contributed by atoms with Crippen molar-refractivity contribution in [2.24, 2.45) is 5.92 Å². The number of hydrogen-bond acceptors (Lipinski definition) is 4. The van der Waals surface area contributed by atoms with E-state index in [2.05, 4.69) is 17.4 Å². The van der Waals surface area contributed by atoms with E-state index in [9.17, 15) is 14.4 Å². The third-order valence-corrected chi connectivity index (χ3v) is 5.69. The first-order valence-electron chi connectivity index (χ1n) is 10.4. The van der Waals surface area contributed by atoms with Crippen molar-refractivity contribution in [1.82, 2.24) is 10.2 Å². The minimum Gasteiger partial charge on any atom is -0.481 e. The molecule has 7 heteroatoms. The molecule has 0 saturated carbocycles. The molecule has 1 aliphatic rings. The average molecular weight is 424 g/mol. The standard InChI is InChI=1S/C24H28N2O5/c1-4-21(22(27)26(3)13-15(2)23(28)29)25-24(30)31-14-20-18-11-7-5-9-16(18)17-10-6-8-12-19(17)20/h5-12,15,20-21H,4,13-14H2,1-3H3,(H,25,30)(H,28,29)/t15?,21-/m0/s1. The molecule has 2 N–H and O–H groups in total. The number of alkyl carbamates (subject to hydrolysis) is 1. The van der Waals surface area contributed by atoms with Crippen LogP contribution < -0.4 is 5.32 Å². The molecule has 0 heterocycles. The molecule has 2 atom stereocenters. The summed E-state index contributed by atoms with van der Waals surface area (Å²) in [5.74, 6) is -2.07. The van der Waals surface area contributed by atoms with E-state index in [-0.39, 0.29) is 25.0 Å². The smallest absolute Gasteiger partial charge is 0.407 e. The number of hydrogen-bond donors (Lipinski definition) is 2. The predicted molar refractivity (Wildman–Crippen MR) is 117 cm³/mol. The second-order valence-electron chi connectivity index (χ2n) is 7.89. The lowest BCUT2D eigenvalue weighted by Gasteiger charge is -2.25. The highest BCUT2D eigenvalue weighted by atomic mass is 16.5. The van der Waals surface area contributed by atoms with Crippen LogP contribution in [0.1, 0.15) is 37.3 Å². The highest BCUT2D eigenvalue weighted by Gasteiger charge is 2.30. The van der Waals surface area contributed by atoms with Gasteiger partial charge in [-0.3, -0.25) is 9.59 Å². The fourth-order valence-electron chi connectivity index (χ4n) is 3.97. The van der Waals surface area contributed by atoms with Crippen LogP contribution >= 0.6 is 0 Å². The van der Waals surface area contributed by atoms with E-state index in [1.807, 2.05) is 36.4 Å². The molecule has 0 spiro atoms. The maximum atomic E-state index is 12.6. The fourth-order valence-corrected chi connectivity index (χ4v) is 3.97. The Morgan fingerprint density at radius 1 is 1.06 bits per heavy atom. The van der Waals surface area contributed by atoms with Crippen LogP contribution in [0.4, 0.5) is 4.79 Å². The van der Waals surface area contributed by atoms with Crippen LogP contribution in [0.2, 0.25) is 0 Å². The molecule has 0 radical (unpaired) electrons. The van der Waals surface area contributed by atoms with Gasteiger partial charge in [-0.25, -0.2) is 4.79 Å². The van der Waals surface area contributed by atoms with E-state index in [1.54, 1.807) is 6.92 Å². The number of ether oxygens (including phenoxy) is 1. The number of nitrogens with one attached hydrogen (secondary N) is 1. The maximum absolute atomic E-state index is 12.6. The molecule has 3 rings (SSSR count). The molecule has 0 aromatic heterocycles. The lowest BCUT2D eigenvalue weighted by atomic mass is 9.98. The van der Waals surface area contributed by atoms with Crippen molar-refractivity contribution in [1.29, 1.82) is 0 Å². The highest BCUT2D eigenvalue weighted by molar-refractivity contribution is 5.86. The van der Waals surface area contributed by atoms with E-state index < -0.39 is 24.0 Å². The van der Waals surface area contributed by atoms with E-state index in [0.29, 0.717) is 6.42 Å². The Morgan fingerprint density at radius 3 is 2.13 bits per heavy atom. The van der Waals surface area contributed by atoms with Crippen molar-refractivity contribution in [2.75, 3.05) is 20.2 Å². The van der Waals surface area contributed by atoms with E-state index >= 15 is 0 Å². The summed E-state index contributed by atoms with van der Waals surface area (Å²) < 4.78 is 5.51. The van der Waals surface area contributed by atoms with Gasteiger partial charge in [-0.15, -0.1) is 0 Å². The first-order valence-corrected chi connectivity index (χ1v) is 10.4. The van der Waals surface area contributed by atoms with Gasteiger partial charge < -0.3 is 20.1 Å². The normalized spacial score (nSPS) is 14.2. The first-order chi connectivity index (χ1) is 14.8. The number of carboxylic acid groups (broad SMARTS) is 1. The SMILES string of the molecule is CC[C@H](NC(=O)OCC1c2ccccc2-c2ccccc21)C(=O)N(C)CC(C)C(=O)O. The fraction of sp³-hybridized carbons (Fsp3) is 0.375. The second-order valence-corrected chi connectivity index (χ2v) is 7.89. The Kier molecular flexibility index (Phi) is 6.95. The summed E-state index contributed by atoms with van der Waals surface area (Å²) in [5, 5.41) is 11.7. The quantitative estimate of drug-likeness (QED) is 0.676. The van der Waals surface area contributed by atoms with Crippen molar-refractivity contribution in [3.05, 3.63) is 59.7 Å². The molecule has 164 valence electrons. The molecule has 31 heavy (non-hydrogen) atoms. The minimum atomic E-state index is -0.975. The summed E-state index contributed by atoms with van der Waals surface area (Å²) in [5.41, 5.74) is 4.51. The van der Waals surface area contributed by atoms with E-state index in [4.69, 9.17) is 9.84 Å². The lowest BCUT2D eigenvalue weighted by Crippen LogP contribution is -2.48. The molecule has 0 fully saturated rings. The zero-order chi connectivity index (χ0) is 22.5. The molecule has 2 aromatic rings. The molecular weight excluding hydrogens is 396 g/mol. The lowest BCUT2D eigenvalue weighted by molar-refractivity contribution is -0.143. The zero-order valence-electron chi connectivity index (χ0n) is 18.0. The first kappa shape index (κ1) is 22.3. The van der Waals surface area contributed by atoms with Crippen LogP contribution in [0.15, 0.2) is 48.5 Å². The Hall–Kier alpha value is -3.35. The zero-order valence-corrected chi connectivity index (χ0v) is 18.0. The van der Waals surface area contributed by atoms with Crippen LogP contribution in [0.25, 0.3) is 11.1 Å². The van der Waals surface area contributed by atoms with E-state index in [1.165, 1.54) is 18.9 Å². The number of carboxylic acids is 1. The molecule has 7 nitrogen and oxygen atoms in total. The van der Waals surface area contributed by atoms with Gasteiger partial charge in [0.25, 0.3) is 0 Å². The summed E-state index contributed by atoms with van der Waals surface area (Å²) in [4.78, 5) is 37.4. The molecule has 2 amide bonds. The van der Waals surface area contributed by atoms with Crippen LogP contribution in [0.3, 0.4) is 0 Å². The van der Waals surface area contributed by atoms with Crippen LogP contribution in [-0.4, -0.2) is 54.2 Å². The number of amides is 2. The number of likely N-dealkylation sites (N-methyl/N-ethyl adjacent to an activating group) is 1. The Bertz CT molecular complexity index is 928. The Balaban J connectivity index is 1.62. The van der Waals surface area contributed by atoms with Crippen molar-refractivity contribution in [3.8, 4) is 11.1 Å². The number of nitrogens with zero attached hydrogens (tertiary/aromatic N) is 1. The van der Waals surface area contributed by atoms with Crippen LogP contribution in [0, 0.1) is 5.92 Å². The third kappa shape index (κ3) is 4.87. The Morgan fingerprint density at radius 2 is 1.61 bits per heavy atom. The second kappa shape index (κ2) is 9.64. The number of rotatable bonds is 8. The molecule has 1 unspecified atom stereocenters. The molecule has 0 saturated heterocycles. The van der Waals surface area contributed by atoms with Gasteiger partial charge in [0, 0.05) is 19.5 Å². The largest absolute Gasteiger partial charge is 0.481 e. The molecule has 1 aliphatic carbocycles. The molecule has 0 bridgehead atoms. The molecular formula is C24H28N2O5. The summed E-state index contributed by atoms with van der Waals surface area (Å²) in [7, 11) is 1.53. The summed E-state index contributed by atoms with van der Waals surface area (Å²) in [6.45, 7) is 3.54. The number of benzene rings is 2. The summed E-state index contributed by atoms with van der Waals surface area (Å²) in [6.07, 6.45) is -0.295. The monoisotopic (exact) mass is 424 g/mol. The van der Waals surface area contributed by atoms with Gasteiger partial charge in [0.2, 0.25) is 5.91 Å². The van der Waals surface area contributed by atoms with Crippen molar-refractivity contribution < 1.29 is 24.2 Å². The van der Waals surface area contributed by atoms with Crippen LogP contribution in [-0.2, 0) is 14.3 Å². The molecule has 2 aromatic carbocycles.